The molecule has 1 nitrogen and oxygen atoms in total. The average molecular weight is 243 g/mol. The first-order valence-corrected chi connectivity index (χ1v) is 12.6. The van der Waals surface area contributed by atoms with Crippen LogP contribution in [0.15, 0.2) is 23.6 Å². The van der Waals surface area contributed by atoms with E-state index in [2.05, 4.69) is 52.8 Å². The lowest BCUT2D eigenvalue weighted by Gasteiger charge is -2.27. The molecule has 0 rings (SSSR count). The van der Waals surface area contributed by atoms with Gasteiger partial charge >= 0.3 is 0 Å². The van der Waals surface area contributed by atoms with Gasteiger partial charge in [0.1, 0.15) is 0 Å². The summed E-state index contributed by atoms with van der Waals surface area (Å²) in [5.41, 5.74) is 0. The molecule has 0 aromatic rings. The van der Waals surface area contributed by atoms with Crippen molar-refractivity contribution in [3.63, 3.8) is 0 Å². The minimum Gasteiger partial charge on any atom is -0.545 e. The average Bonchev–Trinajstić information content (AvgIpc) is 1.98. The molecule has 3 heteroatoms. The second-order valence-electron chi connectivity index (χ2n) is 5.86. The van der Waals surface area contributed by atoms with Crippen molar-refractivity contribution < 1.29 is 4.43 Å². The maximum Gasteiger partial charge on any atom is 0.242 e. The molecule has 0 fully saturated rings. The molecule has 0 aliphatic heterocycles. The van der Waals surface area contributed by atoms with Gasteiger partial charge in [-0.3, -0.25) is 0 Å². The molecular weight excluding hydrogens is 216 g/mol. The first-order chi connectivity index (χ1) is 6.61. The summed E-state index contributed by atoms with van der Waals surface area (Å²) in [5.74, 6) is 1.07. The van der Waals surface area contributed by atoms with E-state index in [0.29, 0.717) is 0 Å². The van der Waals surface area contributed by atoms with Gasteiger partial charge < -0.3 is 4.43 Å². The van der Waals surface area contributed by atoms with Crippen LogP contribution in [0.5, 0.6) is 0 Å². The number of rotatable bonds is 5. The third-order valence-corrected chi connectivity index (χ3v) is 5.40. The molecule has 0 aliphatic carbocycles. The van der Waals surface area contributed by atoms with E-state index in [4.69, 9.17) is 4.43 Å². The van der Waals surface area contributed by atoms with E-state index in [0.717, 1.165) is 12.2 Å². The highest BCUT2D eigenvalue weighted by atomic mass is 28.4. The molecule has 0 aromatic carbocycles. The van der Waals surface area contributed by atoms with Crippen molar-refractivity contribution in [2.75, 3.05) is 0 Å². The molecule has 0 saturated heterocycles. The first-order valence-electron chi connectivity index (χ1n) is 5.67. The molecule has 0 bridgehead atoms. The summed E-state index contributed by atoms with van der Waals surface area (Å²) in [7, 11) is -2.77. The standard InChI is InChI=1S/C12H26OSi2/c1-9-11(13-15(6,7)8)12(10-2)14(3,4)5/h9H,1,10H2,2-8H3/b12-11-. The van der Waals surface area contributed by atoms with E-state index >= 15 is 0 Å². The molecule has 15 heavy (non-hydrogen) atoms. The van der Waals surface area contributed by atoms with E-state index in [1.165, 1.54) is 5.20 Å². The summed E-state index contributed by atoms with van der Waals surface area (Å²) in [6, 6.07) is 0. The van der Waals surface area contributed by atoms with Crippen molar-refractivity contribution in [1.29, 1.82) is 0 Å². The fourth-order valence-corrected chi connectivity index (χ4v) is 4.55. The summed E-state index contributed by atoms with van der Waals surface area (Å²) >= 11 is 0. The molecule has 0 aliphatic rings. The van der Waals surface area contributed by atoms with Crippen molar-refractivity contribution in [2.24, 2.45) is 0 Å². The minimum atomic E-state index is -1.51. The van der Waals surface area contributed by atoms with Crippen LogP contribution in [0.4, 0.5) is 0 Å². The Balaban J connectivity index is 5.19. The van der Waals surface area contributed by atoms with Gasteiger partial charge in [-0.2, -0.15) is 0 Å². The van der Waals surface area contributed by atoms with Crippen LogP contribution in [0.2, 0.25) is 39.3 Å². The molecule has 0 amide bonds. The van der Waals surface area contributed by atoms with Crippen molar-refractivity contribution in [3.05, 3.63) is 23.6 Å². The first kappa shape index (κ1) is 14.7. The SMILES string of the molecule is C=C/C(O[Si](C)(C)C)=C(\CC)[Si](C)(C)C. The Kier molecular flexibility index (Phi) is 5.07. The highest BCUT2D eigenvalue weighted by Gasteiger charge is 2.25. The predicted molar refractivity (Wildman–Crippen MR) is 75.3 cm³/mol. The van der Waals surface area contributed by atoms with Gasteiger partial charge in [0, 0.05) is 0 Å². The zero-order chi connectivity index (χ0) is 12.3. The van der Waals surface area contributed by atoms with Crippen molar-refractivity contribution in [3.8, 4) is 0 Å². The summed E-state index contributed by atoms with van der Waals surface area (Å²) in [4.78, 5) is 0. The summed E-state index contributed by atoms with van der Waals surface area (Å²) < 4.78 is 6.10. The monoisotopic (exact) mass is 242 g/mol. The highest BCUT2D eigenvalue weighted by molar-refractivity contribution is 6.83. The highest BCUT2D eigenvalue weighted by Crippen LogP contribution is 2.25. The lowest BCUT2D eigenvalue weighted by atomic mass is 10.3. The van der Waals surface area contributed by atoms with E-state index in [-0.39, 0.29) is 0 Å². The van der Waals surface area contributed by atoms with Crippen molar-refractivity contribution in [1.82, 2.24) is 0 Å². The third-order valence-electron chi connectivity index (χ3n) is 2.16. The van der Waals surface area contributed by atoms with Crippen LogP contribution < -0.4 is 0 Å². The van der Waals surface area contributed by atoms with Gasteiger partial charge in [-0.1, -0.05) is 33.1 Å². The summed E-state index contributed by atoms with van der Waals surface area (Å²) in [6.07, 6.45) is 2.98. The molecule has 88 valence electrons. The second-order valence-corrected chi connectivity index (χ2v) is 15.4. The van der Waals surface area contributed by atoms with Gasteiger partial charge in [0.25, 0.3) is 0 Å². The van der Waals surface area contributed by atoms with Gasteiger partial charge in [0.05, 0.1) is 13.8 Å². The summed E-state index contributed by atoms with van der Waals surface area (Å²) in [6.45, 7) is 19.8. The molecule has 0 atom stereocenters. The normalized spacial score (nSPS) is 14.6. The van der Waals surface area contributed by atoms with Gasteiger partial charge in [0.2, 0.25) is 8.32 Å². The Morgan fingerprint density at radius 2 is 1.60 bits per heavy atom. The van der Waals surface area contributed by atoms with E-state index in [9.17, 15) is 0 Å². The Morgan fingerprint density at radius 1 is 1.13 bits per heavy atom. The maximum atomic E-state index is 6.10. The van der Waals surface area contributed by atoms with Crippen molar-refractivity contribution in [2.45, 2.75) is 52.6 Å². The van der Waals surface area contributed by atoms with E-state index in [1.807, 2.05) is 6.08 Å². The van der Waals surface area contributed by atoms with Crippen LogP contribution in [-0.4, -0.2) is 16.4 Å². The molecule has 0 N–H and O–H groups in total. The predicted octanol–water partition coefficient (Wildman–Crippen LogP) is 4.57. The minimum absolute atomic E-state index is 1.07. The van der Waals surface area contributed by atoms with Crippen LogP contribution in [0.1, 0.15) is 13.3 Å². The number of hydrogen-bond donors (Lipinski definition) is 0. The lowest BCUT2D eigenvalue weighted by molar-refractivity contribution is 0.436. The van der Waals surface area contributed by atoms with Crippen LogP contribution >= 0.6 is 0 Å². The molecule has 0 saturated carbocycles. The lowest BCUT2D eigenvalue weighted by Crippen LogP contribution is -2.30. The second kappa shape index (κ2) is 5.17. The largest absolute Gasteiger partial charge is 0.545 e. The van der Waals surface area contributed by atoms with Crippen molar-refractivity contribution >= 4 is 16.4 Å². The van der Waals surface area contributed by atoms with Crippen LogP contribution in [0.3, 0.4) is 0 Å². The molecule has 0 aromatic heterocycles. The topological polar surface area (TPSA) is 9.23 Å². The van der Waals surface area contributed by atoms with Gasteiger partial charge in [-0.25, -0.2) is 0 Å². The summed E-state index contributed by atoms with van der Waals surface area (Å²) in [5, 5.41) is 1.50. The molecule has 0 heterocycles. The number of allylic oxidation sites excluding steroid dienone is 2. The molecule has 0 radical (unpaired) electrons. The Labute approximate surface area is 97.4 Å². The van der Waals surface area contributed by atoms with Gasteiger partial charge in [-0.15, -0.1) is 0 Å². The van der Waals surface area contributed by atoms with E-state index in [1.54, 1.807) is 0 Å². The number of hydrogen-bond acceptors (Lipinski definition) is 1. The fourth-order valence-electron chi connectivity index (χ4n) is 1.63. The molecule has 0 unspecified atom stereocenters. The maximum absolute atomic E-state index is 6.10. The fraction of sp³-hybridized carbons (Fsp3) is 0.667. The zero-order valence-corrected chi connectivity index (χ0v) is 13.4. The Morgan fingerprint density at radius 3 is 1.80 bits per heavy atom. The van der Waals surface area contributed by atoms with Crippen LogP contribution in [-0.2, 0) is 4.43 Å². The van der Waals surface area contributed by atoms with Crippen LogP contribution in [0.25, 0.3) is 0 Å². The van der Waals surface area contributed by atoms with Gasteiger partial charge in [0.15, 0.2) is 0 Å². The molecule has 0 spiro atoms. The molecular formula is C12H26OSi2. The Bertz CT molecular complexity index is 254. The third kappa shape index (κ3) is 5.37. The van der Waals surface area contributed by atoms with E-state index < -0.39 is 16.4 Å². The zero-order valence-electron chi connectivity index (χ0n) is 11.4. The smallest absolute Gasteiger partial charge is 0.242 e. The quantitative estimate of drug-likeness (QED) is 0.390. The van der Waals surface area contributed by atoms with Crippen LogP contribution in [0, 0.1) is 0 Å². The Hall–Kier alpha value is -0.286. The van der Waals surface area contributed by atoms with Gasteiger partial charge in [-0.05, 0) is 37.3 Å².